The molecule has 3 aromatic rings. The van der Waals surface area contributed by atoms with Crippen LogP contribution in [0.25, 0.3) is 0 Å². The number of ether oxygens (including phenoxy) is 3. The minimum absolute atomic E-state index is 0.0433. The zero-order valence-electron chi connectivity index (χ0n) is 16.0. The van der Waals surface area contributed by atoms with Crippen LogP contribution in [0.3, 0.4) is 0 Å². The van der Waals surface area contributed by atoms with Gasteiger partial charge in [-0.1, -0.05) is 11.6 Å². The van der Waals surface area contributed by atoms with Crippen molar-refractivity contribution in [3.63, 3.8) is 0 Å². The van der Waals surface area contributed by atoms with Gasteiger partial charge in [-0.15, -0.1) is 0 Å². The Balaban J connectivity index is 1.67. The van der Waals surface area contributed by atoms with Crippen molar-refractivity contribution >= 4 is 40.8 Å². The lowest BCUT2D eigenvalue weighted by Crippen LogP contribution is -2.23. The first-order valence-corrected chi connectivity index (χ1v) is 9.31. The molecule has 0 saturated heterocycles. The van der Waals surface area contributed by atoms with Gasteiger partial charge in [0.2, 0.25) is 11.8 Å². The molecule has 154 valence electrons. The smallest absolute Gasteiger partial charge is 0.328 e. The summed E-state index contributed by atoms with van der Waals surface area (Å²) < 4.78 is 16.0. The molecule has 0 aliphatic rings. The van der Waals surface area contributed by atoms with E-state index in [2.05, 4.69) is 30.8 Å². The molecule has 2 N–H and O–H groups in total. The average Bonchev–Trinajstić information content (AvgIpc) is 2.76. The number of benzene rings is 1. The van der Waals surface area contributed by atoms with Crippen molar-refractivity contribution in [3.05, 3.63) is 59.4 Å². The maximum Gasteiger partial charge on any atom is 0.328 e. The number of pyridine rings is 1. The fourth-order valence-electron chi connectivity index (χ4n) is 2.17. The molecule has 0 aliphatic heterocycles. The van der Waals surface area contributed by atoms with E-state index in [-0.39, 0.29) is 6.01 Å². The Kier molecular flexibility index (Phi) is 7.30. The highest BCUT2D eigenvalue weighted by molar-refractivity contribution is 7.80. The van der Waals surface area contributed by atoms with Crippen LogP contribution in [0.1, 0.15) is 5.69 Å². The van der Waals surface area contributed by atoms with Gasteiger partial charge in [-0.05, 0) is 48.6 Å². The highest BCUT2D eigenvalue weighted by atomic mass is 35.5. The van der Waals surface area contributed by atoms with E-state index in [1.807, 2.05) is 0 Å². The van der Waals surface area contributed by atoms with Crippen LogP contribution < -0.4 is 25.0 Å². The topological polar surface area (TPSA) is 103 Å². The third-order valence-corrected chi connectivity index (χ3v) is 3.98. The Morgan fingerprint density at radius 1 is 1.10 bits per heavy atom. The van der Waals surface area contributed by atoms with Gasteiger partial charge in [0.05, 0.1) is 26.5 Å². The van der Waals surface area contributed by atoms with E-state index in [1.54, 1.807) is 42.6 Å². The summed E-state index contributed by atoms with van der Waals surface area (Å²) in [5, 5.41) is 8.01. The summed E-state index contributed by atoms with van der Waals surface area (Å²) in [7, 11) is 2.97. The molecule has 0 amide bonds. The fourth-order valence-corrected chi connectivity index (χ4v) is 2.46. The standard InChI is InChI=1S/C19H17ClN6O3S/c1-27-16-10-17(28-2)25-18(24-16)29-15-4-3-9-21-14(15)11-22-26-19(30)23-13-7-5-12(20)6-8-13/h3-11H,1-2H3,(H2,23,26,30). The summed E-state index contributed by atoms with van der Waals surface area (Å²) in [5.41, 5.74) is 3.92. The molecule has 0 bridgehead atoms. The molecule has 0 spiro atoms. The monoisotopic (exact) mass is 444 g/mol. The first-order chi connectivity index (χ1) is 14.6. The molecule has 0 fully saturated rings. The van der Waals surface area contributed by atoms with Crippen molar-refractivity contribution in [2.45, 2.75) is 0 Å². The van der Waals surface area contributed by atoms with Crippen LogP contribution in [-0.2, 0) is 0 Å². The second-order valence-electron chi connectivity index (χ2n) is 5.56. The summed E-state index contributed by atoms with van der Waals surface area (Å²) >= 11 is 11.1. The van der Waals surface area contributed by atoms with Gasteiger partial charge < -0.3 is 19.5 Å². The molecule has 0 unspecified atom stereocenters. The number of halogens is 1. The van der Waals surface area contributed by atoms with E-state index in [4.69, 9.17) is 38.0 Å². The molecule has 0 atom stereocenters. The number of rotatable bonds is 7. The molecular weight excluding hydrogens is 428 g/mol. The van der Waals surface area contributed by atoms with Crippen LogP contribution in [0.4, 0.5) is 5.69 Å². The van der Waals surface area contributed by atoms with Gasteiger partial charge in [0.15, 0.2) is 10.9 Å². The average molecular weight is 445 g/mol. The molecule has 1 aromatic carbocycles. The number of hydrogen-bond acceptors (Lipinski definition) is 8. The number of hydrazone groups is 1. The van der Waals surface area contributed by atoms with Gasteiger partial charge >= 0.3 is 6.01 Å². The first-order valence-electron chi connectivity index (χ1n) is 8.53. The molecule has 0 radical (unpaired) electrons. The lowest BCUT2D eigenvalue weighted by Gasteiger charge is -2.09. The van der Waals surface area contributed by atoms with Crippen molar-refractivity contribution in [1.29, 1.82) is 0 Å². The van der Waals surface area contributed by atoms with Crippen molar-refractivity contribution in [1.82, 2.24) is 20.4 Å². The molecule has 9 nitrogen and oxygen atoms in total. The minimum Gasteiger partial charge on any atom is -0.481 e. The van der Waals surface area contributed by atoms with E-state index in [0.717, 1.165) is 5.69 Å². The third kappa shape index (κ3) is 6.00. The predicted molar refractivity (Wildman–Crippen MR) is 118 cm³/mol. The zero-order valence-corrected chi connectivity index (χ0v) is 17.6. The largest absolute Gasteiger partial charge is 0.481 e. The molecule has 3 rings (SSSR count). The molecule has 0 aliphatic carbocycles. The summed E-state index contributed by atoms with van der Waals surface area (Å²) in [6, 6.07) is 12.1. The number of methoxy groups -OCH3 is 2. The predicted octanol–water partition coefficient (Wildman–Crippen LogP) is 3.66. The van der Waals surface area contributed by atoms with Crippen molar-refractivity contribution in [2.24, 2.45) is 5.10 Å². The number of hydrogen-bond donors (Lipinski definition) is 2. The first kappa shape index (κ1) is 21.2. The van der Waals surface area contributed by atoms with E-state index in [0.29, 0.717) is 33.3 Å². The van der Waals surface area contributed by atoms with E-state index in [9.17, 15) is 0 Å². The van der Waals surface area contributed by atoms with Crippen LogP contribution in [0.15, 0.2) is 53.8 Å². The number of nitrogens with zero attached hydrogens (tertiary/aromatic N) is 4. The number of thiocarbonyl (C=S) groups is 1. The Hall–Kier alpha value is -3.50. The molecular formula is C19H17ClN6O3S. The molecule has 0 saturated carbocycles. The SMILES string of the molecule is COc1cc(OC)nc(Oc2cccnc2C=NNC(=S)Nc2ccc(Cl)cc2)n1. The van der Waals surface area contributed by atoms with Gasteiger partial charge in [-0.3, -0.25) is 10.4 Å². The molecule has 11 heteroatoms. The number of aromatic nitrogens is 3. The van der Waals surface area contributed by atoms with Crippen LogP contribution >= 0.6 is 23.8 Å². The fraction of sp³-hybridized carbons (Fsp3) is 0.105. The zero-order chi connectivity index (χ0) is 21.3. The molecule has 2 heterocycles. The maximum atomic E-state index is 5.86. The second kappa shape index (κ2) is 10.3. The van der Waals surface area contributed by atoms with E-state index < -0.39 is 0 Å². The van der Waals surface area contributed by atoms with Crippen molar-refractivity contribution in [3.8, 4) is 23.5 Å². The van der Waals surface area contributed by atoms with Crippen LogP contribution in [-0.4, -0.2) is 40.5 Å². The quantitative estimate of drug-likeness (QED) is 0.321. The lowest BCUT2D eigenvalue weighted by atomic mass is 10.3. The van der Waals surface area contributed by atoms with Crippen LogP contribution in [0, 0.1) is 0 Å². The normalized spacial score (nSPS) is 10.5. The summed E-state index contributed by atoms with van der Waals surface area (Å²) in [4.78, 5) is 12.5. The Bertz CT molecular complexity index is 1030. The van der Waals surface area contributed by atoms with Gasteiger partial charge in [-0.25, -0.2) is 0 Å². The molecule has 2 aromatic heterocycles. The van der Waals surface area contributed by atoms with Gasteiger partial charge in [0, 0.05) is 16.9 Å². The summed E-state index contributed by atoms with van der Waals surface area (Å²) in [5.74, 6) is 0.988. The highest BCUT2D eigenvalue weighted by Gasteiger charge is 2.10. The Morgan fingerprint density at radius 2 is 1.80 bits per heavy atom. The number of nitrogens with one attached hydrogen (secondary N) is 2. The van der Waals surface area contributed by atoms with Gasteiger partial charge in [-0.2, -0.15) is 15.1 Å². The molecule has 30 heavy (non-hydrogen) atoms. The second-order valence-corrected chi connectivity index (χ2v) is 6.40. The Morgan fingerprint density at radius 3 is 2.47 bits per heavy atom. The minimum atomic E-state index is 0.0433. The van der Waals surface area contributed by atoms with Gasteiger partial charge in [0.25, 0.3) is 0 Å². The van der Waals surface area contributed by atoms with Gasteiger partial charge in [0.1, 0.15) is 5.69 Å². The lowest BCUT2D eigenvalue weighted by molar-refractivity contribution is 0.347. The van der Waals surface area contributed by atoms with Crippen molar-refractivity contribution in [2.75, 3.05) is 19.5 Å². The number of anilines is 1. The van der Waals surface area contributed by atoms with Crippen LogP contribution in [0.2, 0.25) is 5.02 Å². The van der Waals surface area contributed by atoms with E-state index >= 15 is 0 Å². The maximum absolute atomic E-state index is 5.86. The van der Waals surface area contributed by atoms with Crippen LogP contribution in [0.5, 0.6) is 23.5 Å². The highest BCUT2D eigenvalue weighted by Crippen LogP contribution is 2.24. The third-order valence-electron chi connectivity index (χ3n) is 3.53. The Labute approximate surface area is 183 Å². The van der Waals surface area contributed by atoms with Crippen molar-refractivity contribution < 1.29 is 14.2 Å². The summed E-state index contributed by atoms with van der Waals surface area (Å²) in [6.07, 6.45) is 3.06. The summed E-state index contributed by atoms with van der Waals surface area (Å²) in [6.45, 7) is 0. The van der Waals surface area contributed by atoms with E-state index in [1.165, 1.54) is 26.5 Å².